The topological polar surface area (TPSA) is 175 Å². The van der Waals surface area contributed by atoms with Crippen molar-refractivity contribution < 1.29 is 49.3 Å². The van der Waals surface area contributed by atoms with E-state index in [0.717, 1.165) is 122 Å². The molecule has 6 N–H and O–H groups in total. The molecule has 0 bridgehead atoms. The highest BCUT2D eigenvalue weighted by molar-refractivity contribution is 5.81. The summed E-state index contributed by atoms with van der Waals surface area (Å²) in [6, 6.07) is -1.08. The molecule has 79 heavy (non-hydrogen) atoms. The third-order valence-electron chi connectivity index (χ3n) is 13.2. The van der Waals surface area contributed by atoms with Crippen molar-refractivity contribution in [2.24, 2.45) is 0 Å². The van der Waals surface area contributed by atoms with Crippen molar-refractivity contribution in [3.63, 3.8) is 0 Å². The van der Waals surface area contributed by atoms with Gasteiger partial charge in [-0.05, 0) is 103 Å². The fourth-order valence-electron chi connectivity index (χ4n) is 8.46. The smallest absolute Gasteiger partial charge is 0.306 e. The van der Waals surface area contributed by atoms with Gasteiger partial charge in [0.05, 0.1) is 25.4 Å². The Morgan fingerprint density at radius 2 is 0.911 bits per heavy atom. The van der Waals surface area contributed by atoms with E-state index in [1.807, 2.05) is 18.2 Å². The number of amides is 1. The Morgan fingerprint density at radius 3 is 1.37 bits per heavy atom. The van der Waals surface area contributed by atoms with Gasteiger partial charge in [0, 0.05) is 12.8 Å². The second kappa shape index (κ2) is 54.1. The molecule has 0 aromatic heterocycles. The zero-order valence-electron chi connectivity index (χ0n) is 49.2. The van der Waals surface area contributed by atoms with E-state index in [1.165, 1.54) is 38.5 Å². The van der Waals surface area contributed by atoms with Gasteiger partial charge in [-0.15, -0.1) is 0 Å². The van der Waals surface area contributed by atoms with Crippen LogP contribution in [-0.2, 0) is 23.8 Å². The number of nitrogens with one attached hydrogen (secondary N) is 1. The SMILES string of the molecule is CC/C=C\C/C=C\C/C=C\C/C=C\C/C=C\C/C=C\CC(O)C(=O)NC(COC1OC(CO)C(O)C(O)C1OC(=O)CCCCCCC/C=C\C/C=C\C/C=C\C/C=C\C/C=C\CC)C(O)/C=C/CCCCCCCCCCC. The van der Waals surface area contributed by atoms with Crippen LogP contribution in [0.2, 0.25) is 0 Å². The van der Waals surface area contributed by atoms with Crippen LogP contribution in [0, 0.1) is 0 Å². The highest BCUT2D eigenvalue weighted by Gasteiger charge is 2.47. The van der Waals surface area contributed by atoms with Crippen LogP contribution in [0.4, 0.5) is 0 Å². The number of allylic oxidation sites excluding steroid dienone is 22. The first-order valence-electron chi connectivity index (χ1n) is 30.6. The van der Waals surface area contributed by atoms with E-state index in [4.69, 9.17) is 14.2 Å². The average Bonchev–Trinajstić information content (AvgIpc) is 3.45. The molecule has 0 saturated carbocycles. The van der Waals surface area contributed by atoms with Crippen molar-refractivity contribution in [3.05, 3.63) is 146 Å². The zero-order valence-corrected chi connectivity index (χ0v) is 49.2. The van der Waals surface area contributed by atoms with Gasteiger partial charge in [0.25, 0.3) is 0 Å². The molecule has 1 saturated heterocycles. The van der Waals surface area contributed by atoms with E-state index in [9.17, 15) is 35.1 Å². The number of unbranched alkanes of at least 4 members (excludes halogenated alkanes) is 14. The van der Waals surface area contributed by atoms with E-state index in [0.29, 0.717) is 12.8 Å². The lowest BCUT2D eigenvalue weighted by Crippen LogP contribution is -2.61. The Hall–Kier alpha value is -4.46. The van der Waals surface area contributed by atoms with Crippen molar-refractivity contribution in [3.8, 4) is 0 Å². The van der Waals surface area contributed by atoms with Crippen LogP contribution in [-0.4, -0.2) is 99.6 Å². The molecule has 1 aliphatic heterocycles. The maximum atomic E-state index is 13.4. The summed E-state index contributed by atoms with van der Waals surface area (Å²) in [4.78, 5) is 26.5. The molecule has 446 valence electrons. The second-order valence-electron chi connectivity index (χ2n) is 20.3. The Morgan fingerprint density at radius 1 is 0.506 bits per heavy atom. The van der Waals surface area contributed by atoms with Gasteiger partial charge in [-0.3, -0.25) is 9.59 Å². The summed E-state index contributed by atoms with van der Waals surface area (Å²) in [5.74, 6) is -1.32. The summed E-state index contributed by atoms with van der Waals surface area (Å²) < 4.78 is 17.5. The minimum Gasteiger partial charge on any atom is -0.454 e. The summed E-state index contributed by atoms with van der Waals surface area (Å²) in [6.45, 7) is 5.47. The molecule has 0 spiro atoms. The van der Waals surface area contributed by atoms with Crippen LogP contribution < -0.4 is 5.32 Å². The van der Waals surface area contributed by atoms with Gasteiger partial charge in [0.1, 0.15) is 24.4 Å². The zero-order chi connectivity index (χ0) is 57.5. The molecular weight excluding hydrogens is 991 g/mol. The van der Waals surface area contributed by atoms with Crippen LogP contribution in [0.3, 0.4) is 0 Å². The van der Waals surface area contributed by atoms with Crippen molar-refractivity contribution >= 4 is 11.9 Å². The van der Waals surface area contributed by atoms with Crippen LogP contribution in [0.25, 0.3) is 0 Å². The van der Waals surface area contributed by atoms with E-state index in [1.54, 1.807) is 12.2 Å². The van der Waals surface area contributed by atoms with E-state index in [2.05, 4.69) is 142 Å². The molecule has 11 heteroatoms. The Balaban J connectivity index is 2.74. The Bertz CT molecular complexity index is 1840. The number of hydrogen-bond donors (Lipinski definition) is 6. The van der Waals surface area contributed by atoms with Gasteiger partial charge in [-0.25, -0.2) is 0 Å². The maximum Gasteiger partial charge on any atom is 0.306 e. The molecule has 11 nitrogen and oxygen atoms in total. The van der Waals surface area contributed by atoms with Crippen molar-refractivity contribution in [2.75, 3.05) is 13.2 Å². The van der Waals surface area contributed by atoms with E-state index in [-0.39, 0.29) is 19.4 Å². The lowest BCUT2D eigenvalue weighted by molar-refractivity contribution is -0.305. The molecule has 1 heterocycles. The molecule has 0 radical (unpaired) electrons. The summed E-state index contributed by atoms with van der Waals surface area (Å²) >= 11 is 0. The average molecular weight is 1100 g/mol. The monoisotopic (exact) mass is 1100 g/mol. The maximum absolute atomic E-state index is 13.4. The molecule has 0 aromatic rings. The predicted octanol–water partition coefficient (Wildman–Crippen LogP) is 14.6. The van der Waals surface area contributed by atoms with E-state index < -0.39 is 67.4 Å². The molecule has 0 aliphatic carbocycles. The van der Waals surface area contributed by atoms with Crippen molar-refractivity contribution in [1.29, 1.82) is 0 Å². The van der Waals surface area contributed by atoms with Gasteiger partial charge >= 0.3 is 5.97 Å². The number of rotatable bonds is 49. The van der Waals surface area contributed by atoms with Gasteiger partial charge in [0.2, 0.25) is 5.91 Å². The number of carbonyl (C=O) groups is 2. The highest BCUT2D eigenvalue weighted by atomic mass is 16.7. The van der Waals surface area contributed by atoms with Crippen LogP contribution in [0.1, 0.15) is 207 Å². The molecule has 1 amide bonds. The Labute approximate surface area is 479 Å². The molecule has 1 aliphatic rings. The third-order valence-corrected chi connectivity index (χ3v) is 13.2. The Kier molecular flexibility index (Phi) is 49.7. The highest BCUT2D eigenvalue weighted by Crippen LogP contribution is 2.26. The fraction of sp³-hybridized carbons (Fsp3) is 0.618. The number of aliphatic hydroxyl groups is 5. The summed E-state index contributed by atoms with van der Waals surface area (Å²) in [7, 11) is 0. The van der Waals surface area contributed by atoms with Crippen molar-refractivity contribution in [1.82, 2.24) is 5.32 Å². The standard InChI is InChI=1S/C68H109NO10/c1-4-7-10-13-16-19-22-24-26-28-30-31-32-34-36-38-41-44-47-50-53-56-63(73)79-66-65(75)64(74)62(57-70)78-68(66)77-58-59(60(71)54-51-48-45-42-39-21-18-15-12-9-6-3)69-67(76)61(72)55-52-49-46-43-40-37-35-33-29-27-25-23-20-17-14-11-8-5-2/h7-8,10-11,16-17,19-20,24-27,30-31,33-36,40,43,49,51-52,54,59-62,64-66,68,70-72,74-75H,4-6,9,12-15,18,21-23,28-29,32,37-39,41-42,44-48,50,53,55-58H2,1-3H3,(H,69,76)/b10-7-,11-8-,19-16-,20-17-,26-24-,27-25-,31-30-,35-33-,36-34-,43-40-,52-49-,54-51+. The second-order valence-corrected chi connectivity index (χ2v) is 20.3. The number of ether oxygens (including phenoxy) is 3. The minimum atomic E-state index is -1.65. The lowest BCUT2D eigenvalue weighted by atomic mass is 9.99. The number of esters is 1. The lowest BCUT2D eigenvalue weighted by Gasteiger charge is -2.41. The van der Waals surface area contributed by atoms with E-state index >= 15 is 0 Å². The quantitative estimate of drug-likeness (QED) is 0.0195. The molecule has 0 aromatic carbocycles. The fourth-order valence-corrected chi connectivity index (χ4v) is 8.46. The first-order valence-corrected chi connectivity index (χ1v) is 30.6. The summed E-state index contributed by atoms with van der Waals surface area (Å²) in [6.07, 6.45) is 67.6. The van der Waals surface area contributed by atoms with Gasteiger partial charge in [0.15, 0.2) is 12.4 Å². The van der Waals surface area contributed by atoms with Crippen LogP contribution >= 0.6 is 0 Å². The van der Waals surface area contributed by atoms with Crippen LogP contribution in [0.5, 0.6) is 0 Å². The first kappa shape index (κ1) is 72.6. The summed E-state index contributed by atoms with van der Waals surface area (Å²) in [5, 5.41) is 56.8. The van der Waals surface area contributed by atoms with Crippen molar-refractivity contribution in [2.45, 2.75) is 256 Å². The summed E-state index contributed by atoms with van der Waals surface area (Å²) in [5.41, 5.74) is 0. The molecule has 8 atom stereocenters. The third kappa shape index (κ3) is 42.1. The normalized spacial score (nSPS) is 19.9. The number of carbonyl (C=O) groups excluding carboxylic acids is 2. The molecule has 1 fully saturated rings. The molecule has 1 rings (SSSR count). The first-order chi connectivity index (χ1) is 38.7. The van der Waals surface area contributed by atoms with Gasteiger partial charge in [-0.2, -0.15) is 0 Å². The molecular formula is C68H109NO10. The number of hydrogen-bond acceptors (Lipinski definition) is 10. The van der Waals surface area contributed by atoms with Gasteiger partial charge in [-0.1, -0.05) is 237 Å². The predicted molar refractivity (Wildman–Crippen MR) is 328 cm³/mol. The van der Waals surface area contributed by atoms with Gasteiger partial charge < -0.3 is 45.1 Å². The van der Waals surface area contributed by atoms with Crippen LogP contribution in [0.15, 0.2) is 146 Å². The largest absolute Gasteiger partial charge is 0.454 e. The number of aliphatic hydroxyl groups excluding tert-OH is 5. The minimum absolute atomic E-state index is 0.0474. The molecule has 8 unspecified atom stereocenters.